The quantitative estimate of drug-likeness (QED) is 0.778. The number of thioether (sulfide) groups is 1. The van der Waals surface area contributed by atoms with E-state index in [1.54, 1.807) is 4.90 Å². The highest BCUT2D eigenvalue weighted by Gasteiger charge is 2.44. The molecular formula is C22H22N2O3S. The number of fused-ring (bicyclic) bond motifs is 3. The summed E-state index contributed by atoms with van der Waals surface area (Å²) in [7, 11) is 0. The maximum atomic E-state index is 11.6. The number of carboxylic acid groups (broad SMARTS) is 1. The Morgan fingerprint density at radius 2 is 2.07 bits per heavy atom. The van der Waals surface area contributed by atoms with Crippen molar-refractivity contribution in [2.24, 2.45) is 0 Å². The fourth-order valence-corrected chi connectivity index (χ4v) is 5.97. The van der Waals surface area contributed by atoms with Crippen LogP contribution in [0, 0.1) is 0 Å². The molecule has 3 aliphatic heterocycles. The summed E-state index contributed by atoms with van der Waals surface area (Å²) in [6.45, 7) is 2.17. The van der Waals surface area contributed by atoms with E-state index in [1.807, 2.05) is 36.0 Å². The minimum Gasteiger partial charge on any atom is -0.465 e. The molecule has 144 valence electrons. The van der Waals surface area contributed by atoms with Gasteiger partial charge in [0.1, 0.15) is 0 Å². The standard InChI is InChI=1S/C22H22N2O3S/c25-12-14-3-1-2-4-17(14)15-9-16-13-28-8-7-24-20-5-6-23(22(26)27)11-19(20)18(10-15)21(16)24/h1-4,9-10,12,19-20H,5-8,11,13H2,(H,26,27). The number of carbonyl (C=O) groups excluding carboxylic acids is 1. The first kappa shape index (κ1) is 17.6. The second-order valence-corrected chi connectivity index (χ2v) is 8.82. The van der Waals surface area contributed by atoms with Crippen LogP contribution in [0.2, 0.25) is 0 Å². The van der Waals surface area contributed by atoms with Crippen molar-refractivity contribution in [2.45, 2.75) is 24.1 Å². The van der Waals surface area contributed by atoms with Crippen LogP contribution in [0.15, 0.2) is 36.4 Å². The molecule has 3 heterocycles. The molecule has 1 amide bonds. The number of aldehydes is 1. The molecule has 1 fully saturated rings. The summed E-state index contributed by atoms with van der Waals surface area (Å²) in [5.41, 5.74) is 6.59. The molecule has 0 spiro atoms. The zero-order valence-electron chi connectivity index (χ0n) is 15.5. The molecule has 28 heavy (non-hydrogen) atoms. The SMILES string of the molecule is O=Cc1ccccc1-c1cc2c3c(c1)C1CN(C(=O)O)CCC1N3CCSC2. The first-order valence-electron chi connectivity index (χ1n) is 9.71. The van der Waals surface area contributed by atoms with Gasteiger partial charge < -0.3 is 14.9 Å². The highest BCUT2D eigenvalue weighted by molar-refractivity contribution is 7.98. The summed E-state index contributed by atoms with van der Waals surface area (Å²) < 4.78 is 0. The minimum atomic E-state index is -0.830. The van der Waals surface area contributed by atoms with Gasteiger partial charge in [0.15, 0.2) is 6.29 Å². The highest BCUT2D eigenvalue weighted by atomic mass is 32.2. The Hall–Kier alpha value is -2.47. The number of benzene rings is 2. The Balaban J connectivity index is 1.66. The fourth-order valence-electron chi connectivity index (χ4n) is 5.06. The van der Waals surface area contributed by atoms with Crippen LogP contribution in [0.25, 0.3) is 11.1 Å². The van der Waals surface area contributed by atoms with E-state index in [0.717, 1.165) is 41.9 Å². The van der Waals surface area contributed by atoms with Gasteiger partial charge in [-0.25, -0.2) is 4.79 Å². The van der Waals surface area contributed by atoms with Gasteiger partial charge in [-0.2, -0.15) is 11.8 Å². The number of nitrogens with zero attached hydrogens (tertiary/aromatic N) is 2. The molecule has 1 saturated heterocycles. The van der Waals surface area contributed by atoms with Crippen LogP contribution in [0.3, 0.4) is 0 Å². The third-order valence-corrected chi connectivity index (χ3v) is 7.27. The van der Waals surface area contributed by atoms with Gasteiger partial charge in [-0.15, -0.1) is 0 Å². The molecule has 1 N–H and O–H groups in total. The lowest BCUT2D eigenvalue weighted by Crippen LogP contribution is -2.48. The van der Waals surface area contributed by atoms with E-state index in [9.17, 15) is 14.7 Å². The van der Waals surface area contributed by atoms with Gasteiger partial charge in [0.25, 0.3) is 0 Å². The first-order valence-corrected chi connectivity index (χ1v) is 10.9. The third-order valence-electron chi connectivity index (χ3n) is 6.29. The lowest BCUT2D eigenvalue weighted by atomic mass is 9.86. The number of piperidine rings is 1. The van der Waals surface area contributed by atoms with E-state index in [1.165, 1.54) is 16.8 Å². The lowest BCUT2D eigenvalue weighted by Gasteiger charge is -2.37. The normalized spacial score (nSPS) is 23.0. The zero-order chi connectivity index (χ0) is 19.3. The second-order valence-electron chi connectivity index (χ2n) is 7.72. The molecule has 2 aromatic rings. The Morgan fingerprint density at radius 1 is 1.21 bits per heavy atom. The van der Waals surface area contributed by atoms with Crippen LogP contribution in [-0.2, 0) is 5.75 Å². The number of hydrogen-bond acceptors (Lipinski definition) is 4. The Labute approximate surface area is 168 Å². The van der Waals surface area contributed by atoms with Gasteiger partial charge in [0.05, 0.1) is 0 Å². The summed E-state index contributed by atoms with van der Waals surface area (Å²) in [5.74, 6) is 2.24. The van der Waals surface area contributed by atoms with Crippen LogP contribution < -0.4 is 4.90 Å². The molecule has 0 saturated carbocycles. The largest absolute Gasteiger partial charge is 0.465 e. The summed E-state index contributed by atoms with van der Waals surface area (Å²) in [6.07, 6.45) is 0.955. The molecule has 0 bridgehead atoms. The van der Waals surface area contributed by atoms with Crippen molar-refractivity contribution in [1.82, 2.24) is 4.90 Å². The average molecular weight is 394 g/mol. The molecule has 0 aliphatic carbocycles. The van der Waals surface area contributed by atoms with Crippen molar-refractivity contribution in [3.8, 4) is 11.1 Å². The molecule has 5 nitrogen and oxygen atoms in total. The van der Waals surface area contributed by atoms with Crippen LogP contribution in [0.4, 0.5) is 10.5 Å². The van der Waals surface area contributed by atoms with Crippen molar-refractivity contribution < 1.29 is 14.7 Å². The molecule has 0 aromatic heterocycles. The van der Waals surface area contributed by atoms with Crippen LogP contribution in [0.1, 0.15) is 33.8 Å². The molecule has 2 aromatic carbocycles. The number of carbonyl (C=O) groups is 2. The second kappa shape index (κ2) is 6.85. The number of hydrogen-bond donors (Lipinski definition) is 1. The number of anilines is 1. The van der Waals surface area contributed by atoms with Gasteiger partial charge in [-0.05, 0) is 40.8 Å². The van der Waals surface area contributed by atoms with E-state index >= 15 is 0 Å². The molecule has 5 rings (SSSR count). The van der Waals surface area contributed by atoms with Crippen molar-refractivity contribution in [3.05, 3.63) is 53.1 Å². The van der Waals surface area contributed by atoms with Crippen LogP contribution >= 0.6 is 11.8 Å². The number of amides is 1. The maximum absolute atomic E-state index is 11.6. The molecular weight excluding hydrogens is 372 g/mol. The van der Waals surface area contributed by atoms with E-state index in [2.05, 4.69) is 17.0 Å². The van der Waals surface area contributed by atoms with Crippen molar-refractivity contribution in [3.63, 3.8) is 0 Å². The summed E-state index contributed by atoms with van der Waals surface area (Å²) in [5, 5.41) is 9.51. The Bertz CT molecular complexity index is 961. The van der Waals surface area contributed by atoms with Gasteiger partial charge in [-0.1, -0.05) is 24.3 Å². The van der Waals surface area contributed by atoms with Crippen molar-refractivity contribution >= 4 is 29.8 Å². The van der Waals surface area contributed by atoms with E-state index in [4.69, 9.17) is 0 Å². The molecule has 3 aliphatic rings. The van der Waals surface area contributed by atoms with Gasteiger partial charge in [0, 0.05) is 54.4 Å². The maximum Gasteiger partial charge on any atom is 0.407 e. The predicted molar refractivity (Wildman–Crippen MR) is 112 cm³/mol. The topological polar surface area (TPSA) is 60.9 Å². The van der Waals surface area contributed by atoms with E-state index in [0.29, 0.717) is 24.7 Å². The summed E-state index contributed by atoms with van der Waals surface area (Å²) >= 11 is 1.95. The third kappa shape index (κ3) is 2.70. The van der Waals surface area contributed by atoms with Gasteiger partial charge in [0.2, 0.25) is 0 Å². The smallest absolute Gasteiger partial charge is 0.407 e. The minimum absolute atomic E-state index is 0.199. The van der Waals surface area contributed by atoms with Gasteiger partial charge >= 0.3 is 6.09 Å². The van der Waals surface area contributed by atoms with E-state index < -0.39 is 6.09 Å². The average Bonchev–Trinajstić information content (AvgIpc) is 2.88. The number of likely N-dealkylation sites (tertiary alicyclic amines) is 1. The Kier molecular flexibility index (Phi) is 4.31. The predicted octanol–water partition coefficient (Wildman–Crippen LogP) is 4.07. The fraction of sp³-hybridized carbons (Fsp3) is 0.364. The summed E-state index contributed by atoms with van der Waals surface area (Å²) in [4.78, 5) is 27.2. The van der Waals surface area contributed by atoms with E-state index in [-0.39, 0.29) is 5.92 Å². The molecule has 6 heteroatoms. The zero-order valence-corrected chi connectivity index (χ0v) is 16.3. The molecule has 2 atom stereocenters. The molecule has 2 unspecified atom stereocenters. The van der Waals surface area contributed by atoms with Crippen LogP contribution in [0.5, 0.6) is 0 Å². The van der Waals surface area contributed by atoms with Crippen molar-refractivity contribution in [2.75, 3.05) is 30.3 Å². The summed E-state index contributed by atoms with van der Waals surface area (Å²) in [6, 6.07) is 12.5. The highest BCUT2D eigenvalue weighted by Crippen LogP contribution is 2.50. The Morgan fingerprint density at radius 3 is 2.89 bits per heavy atom. The monoisotopic (exact) mass is 394 g/mol. The first-order chi connectivity index (χ1) is 13.7. The molecule has 0 radical (unpaired) electrons. The van der Waals surface area contributed by atoms with Gasteiger partial charge in [-0.3, -0.25) is 4.79 Å². The van der Waals surface area contributed by atoms with Crippen molar-refractivity contribution in [1.29, 1.82) is 0 Å². The number of rotatable bonds is 2. The van der Waals surface area contributed by atoms with Crippen LogP contribution in [-0.4, -0.2) is 53.8 Å². The lowest BCUT2D eigenvalue weighted by molar-refractivity contribution is 0.112.